The highest BCUT2D eigenvalue weighted by Gasteiger charge is 2.19. The van der Waals surface area contributed by atoms with E-state index in [0.29, 0.717) is 19.3 Å². The van der Waals surface area contributed by atoms with Crippen molar-refractivity contribution in [2.75, 3.05) is 13.2 Å². The maximum absolute atomic E-state index is 12.8. The van der Waals surface area contributed by atoms with E-state index in [1.807, 2.05) is 0 Å². The highest BCUT2D eigenvalue weighted by molar-refractivity contribution is 5.71. The van der Waals surface area contributed by atoms with Gasteiger partial charge >= 0.3 is 17.9 Å². The van der Waals surface area contributed by atoms with Crippen molar-refractivity contribution in [1.29, 1.82) is 0 Å². The average Bonchev–Trinajstić information content (AvgIpc) is 3.28. The summed E-state index contributed by atoms with van der Waals surface area (Å²) in [6.07, 6.45) is 63.4. The van der Waals surface area contributed by atoms with Crippen LogP contribution in [0.25, 0.3) is 0 Å². The molecule has 0 rings (SSSR count). The van der Waals surface area contributed by atoms with E-state index in [-0.39, 0.29) is 31.1 Å². The topological polar surface area (TPSA) is 78.9 Å². The number of unbranched alkanes of at least 4 members (excludes halogenated alkanes) is 27. The molecule has 0 unspecified atom stereocenters. The van der Waals surface area contributed by atoms with Crippen molar-refractivity contribution in [2.24, 2.45) is 0 Å². The third-order valence-electron chi connectivity index (χ3n) is 11.5. The van der Waals surface area contributed by atoms with E-state index in [1.54, 1.807) is 0 Å². The van der Waals surface area contributed by atoms with E-state index in [0.717, 1.165) is 96.3 Å². The SMILES string of the molecule is CC/C=C\C/C=C\C/C=C\CCCCCCCC(=O)OC(COC(=O)CCCCCCCCC/C=C\CCCCCC)COC(=O)CCCCCCCCC/C=C\CCCCCC. The van der Waals surface area contributed by atoms with E-state index in [4.69, 9.17) is 14.2 Å². The standard InChI is InChI=1S/C57H100O6/c1-4-7-10-13-16-19-22-25-28-31-34-37-40-43-46-49-55(58)61-52-54(63-57(60)51-48-45-42-39-36-33-30-27-24-21-18-15-12-9-6-3)53-62-56(59)50-47-44-41-38-35-32-29-26-23-20-17-14-11-8-5-2/h9,12,18-23,27,30,54H,4-8,10-11,13-17,24-26,28-29,31-53H2,1-3H3/b12-9-,21-18-,22-19-,23-20-,30-27-. The summed E-state index contributed by atoms with van der Waals surface area (Å²) in [5, 5.41) is 0. The Morgan fingerprint density at radius 2 is 0.619 bits per heavy atom. The normalized spacial score (nSPS) is 12.1. The molecule has 0 aliphatic heterocycles. The average molecular weight is 881 g/mol. The van der Waals surface area contributed by atoms with Gasteiger partial charge in [0.15, 0.2) is 6.10 Å². The fraction of sp³-hybridized carbons (Fsp3) is 0.772. The molecule has 0 aromatic heterocycles. The van der Waals surface area contributed by atoms with Gasteiger partial charge in [-0.2, -0.15) is 0 Å². The van der Waals surface area contributed by atoms with E-state index in [1.165, 1.54) is 128 Å². The van der Waals surface area contributed by atoms with Crippen LogP contribution in [0.3, 0.4) is 0 Å². The predicted octanol–water partition coefficient (Wildman–Crippen LogP) is 17.6. The van der Waals surface area contributed by atoms with Crippen LogP contribution in [0.5, 0.6) is 0 Å². The van der Waals surface area contributed by atoms with E-state index < -0.39 is 6.10 Å². The molecule has 63 heavy (non-hydrogen) atoms. The van der Waals surface area contributed by atoms with E-state index in [9.17, 15) is 14.4 Å². The Hall–Kier alpha value is -2.89. The largest absolute Gasteiger partial charge is 0.462 e. The summed E-state index contributed by atoms with van der Waals surface area (Å²) in [5.41, 5.74) is 0. The van der Waals surface area contributed by atoms with Crippen molar-refractivity contribution in [3.8, 4) is 0 Å². The molecule has 0 amide bonds. The number of rotatable bonds is 48. The van der Waals surface area contributed by atoms with Crippen LogP contribution in [-0.4, -0.2) is 37.2 Å². The van der Waals surface area contributed by atoms with Crippen LogP contribution >= 0.6 is 0 Å². The van der Waals surface area contributed by atoms with Gasteiger partial charge in [-0.3, -0.25) is 14.4 Å². The van der Waals surface area contributed by atoms with Gasteiger partial charge in [-0.25, -0.2) is 0 Å². The predicted molar refractivity (Wildman–Crippen MR) is 270 cm³/mol. The van der Waals surface area contributed by atoms with Gasteiger partial charge in [0.2, 0.25) is 0 Å². The van der Waals surface area contributed by atoms with E-state index in [2.05, 4.69) is 81.5 Å². The number of allylic oxidation sites excluding steroid dienone is 10. The van der Waals surface area contributed by atoms with Gasteiger partial charge in [-0.15, -0.1) is 0 Å². The Balaban J connectivity index is 4.41. The monoisotopic (exact) mass is 881 g/mol. The third kappa shape index (κ3) is 50.0. The molecule has 364 valence electrons. The number of hydrogen-bond donors (Lipinski definition) is 0. The molecule has 0 bridgehead atoms. The van der Waals surface area contributed by atoms with Crippen molar-refractivity contribution in [2.45, 2.75) is 271 Å². The van der Waals surface area contributed by atoms with Gasteiger partial charge in [0.25, 0.3) is 0 Å². The van der Waals surface area contributed by atoms with Gasteiger partial charge in [-0.1, -0.05) is 204 Å². The maximum atomic E-state index is 12.8. The Bertz CT molecular complexity index is 1090. The summed E-state index contributed by atoms with van der Waals surface area (Å²) in [4.78, 5) is 38.0. The summed E-state index contributed by atoms with van der Waals surface area (Å²) in [6, 6.07) is 0. The molecular formula is C57H100O6. The molecule has 0 spiro atoms. The van der Waals surface area contributed by atoms with Crippen molar-refractivity contribution in [1.82, 2.24) is 0 Å². The molecule has 0 fully saturated rings. The second kappa shape index (κ2) is 51.7. The van der Waals surface area contributed by atoms with E-state index >= 15 is 0 Å². The lowest BCUT2D eigenvalue weighted by Gasteiger charge is -2.18. The zero-order valence-electron chi connectivity index (χ0n) is 41.6. The van der Waals surface area contributed by atoms with Crippen LogP contribution in [0, 0.1) is 0 Å². The summed E-state index contributed by atoms with van der Waals surface area (Å²) >= 11 is 0. The van der Waals surface area contributed by atoms with Gasteiger partial charge in [0, 0.05) is 19.3 Å². The molecule has 0 aromatic carbocycles. The van der Waals surface area contributed by atoms with Crippen molar-refractivity contribution < 1.29 is 28.6 Å². The van der Waals surface area contributed by atoms with Crippen molar-refractivity contribution >= 4 is 17.9 Å². The minimum atomic E-state index is -0.786. The van der Waals surface area contributed by atoms with Gasteiger partial charge < -0.3 is 14.2 Å². The third-order valence-corrected chi connectivity index (χ3v) is 11.5. The Morgan fingerprint density at radius 3 is 0.984 bits per heavy atom. The summed E-state index contributed by atoms with van der Waals surface area (Å²) in [6.45, 7) is 6.49. The van der Waals surface area contributed by atoms with Gasteiger partial charge in [0.05, 0.1) is 0 Å². The van der Waals surface area contributed by atoms with Crippen LogP contribution in [-0.2, 0) is 28.6 Å². The van der Waals surface area contributed by atoms with Crippen LogP contribution in [0.2, 0.25) is 0 Å². The molecule has 0 atom stereocenters. The Labute approximate surface area is 390 Å². The molecule has 6 heteroatoms. The summed E-state index contributed by atoms with van der Waals surface area (Å²) in [5.74, 6) is -0.904. The first-order valence-corrected chi connectivity index (χ1v) is 26.8. The first-order valence-electron chi connectivity index (χ1n) is 26.8. The molecule has 0 aromatic rings. The fourth-order valence-electron chi connectivity index (χ4n) is 7.45. The number of hydrogen-bond acceptors (Lipinski definition) is 6. The van der Waals surface area contributed by atoms with Crippen LogP contribution in [0.4, 0.5) is 0 Å². The summed E-state index contributed by atoms with van der Waals surface area (Å²) < 4.78 is 16.8. The van der Waals surface area contributed by atoms with Crippen molar-refractivity contribution in [3.05, 3.63) is 60.8 Å². The van der Waals surface area contributed by atoms with Crippen molar-refractivity contribution in [3.63, 3.8) is 0 Å². The lowest BCUT2D eigenvalue weighted by atomic mass is 10.1. The first-order chi connectivity index (χ1) is 31.0. The second-order valence-electron chi connectivity index (χ2n) is 17.7. The lowest BCUT2D eigenvalue weighted by molar-refractivity contribution is -0.167. The minimum absolute atomic E-state index is 0.0843. The fourth-order valence-corrected chi connectivity index (χ4v) is 7.45. The first kappa shape index (κ1) is 60.1. The molecule has 6 nitrogen and oxygen atoms in total. The smallest absolute Gasteiger partial charge is 0.306 e. The number of ether oxygens (including phenoxy) is 3. The number of carbonyl (C=O) groups excluding carboxylic acids is 3. The molecular weight excluding hydrogens is 781 g/mol. The highest BCUT2D eigenvalue weighted by Crippen LogP contribution is 2.15. The van der Waals surface area contributed by atoms with Gasteiger partial charge in [0.1, 0.15) is 13.2 Å². The Kier molecular flexibility index (Phi) is 49.4. The van der Waals surface area contributed by atoms with Crippen LogP contribution in [0.1, 0.15) is 265 Å². The number of esters is 3. The van der Waals surface area contributed by atoms with Crippen LogP contribution < -0.4 is 0 Å². The molecule has 0 aliphatic carbocycles. The number of carbonyl (C=O) groups is 3. The van der Waals surface area contributed by atoms with Gasteiger partial charge in [-0.05, 0) is 103 Å². The molecule has 0 aliphatic rings. The maximum Gasteiger partial charge on any atom is 0.306 e. The summed E-state index contributed by atoms with van der Waals surface area (Å²) in [7, 11) is 0. The molecule has 0 saturated heterocycles. The molecule has 0 saturated carbocycles. The molecule has 0 N–H and O–H groups in total. The Morgan fingerprint density at radius 1 is 0.333 bits per heavy atom. The molecule has 0 heterocycles. The second-order valence-corrected chi connectivity index (χ2v) is 17.7. The molecule has 0 radical (unpaired) electrons. The minimum Gasteiger partial charge on any atom is -0.462 e. The quantitative estimate of drug-likeness (QED) is 0.0262. The highest BCUT2D eigenvalue weighted by atomic mass is 16.6. The zero-order valence-corrected chi connectivity index (χ0v) is 41.6. The zero-order chi connectivity index (χ0) is 45.8. The lowest BCUT2D eigenvalue weighted by Crippen LogP contribution is -2.30. The van der Waals surface area contributed by atoms with Crippen LogP contribution in [0.15, 0.2) is 60.8 Å².